The maximum absolute atomic E-state index is 14.2. The third-order valence-corrected chi connectivity index (χ3v) is 9.42. The second-order valence-corrected chi connectivity index (χ2v) is 12.6. The van der Waals surface area contributed by atoms with Gasteiger partial charge in [-0.1, -0.05) is 78.9 Å². The van der Waals surface area contributed by atoms with Crippen molar-refractivity contribution in [2.75, 3.05) is 13.1 Å². The van der Waals surface area contributed by atoms with E-state index in [4.69, 9.17) is 9.84 Å². The number of ether oxygens (including phenoxy) is 1. The van der Waals surface area contributed by atoms with Crippen LogP contribution in [0.1, 0.15) is 29.5 Å². The fraction of sp³-hybridized carbons (Fsp3) is 0.184. The van der Waals surface area contributed by atoms with E-state index < -0.39 is 0 Å². The molecule has 4 aromatic carbocycles. The lowest BCUT2D eigenvalue weighted by atomic mass is 9.90. The van der Waals surface area contributed by atoms with Crippen LogP contribution >= 0.6 is 11.8 Å². The third-order valence-electron chi connectivity index (χ3n) is 8.37. The summed E-state index contributed by atoms with van der Waals surface area (Å²) in [7, 11) is 0. The minimum Gasteiger partial charge on any atom is -0.489 e. The van der Waals surface area contributed by atoms with E-state index in [1.54, 1.807) is 18.2 Å². The number of hydrogen-bond donors (Lipinski definition) is 0. The van der Waals surface area contributed by atoms with Crippen LogP contribution in [0.25, 0.3) is 23.0 Å². The van der Waals surface area contributed by atoms with E-state index in [9.17, 15) is 9.18 Å². The molecule has 3 heterocycles. The average Bonchev–Trinajstić information content (AvgIpc) is 3.69. The highest BCUT2D eigenvalue weighted by Crippen LogP contribution is 2.35. The highest BCUT2D eigenvalue weighted by molar-refractivity contribution is 8.18. The summed E-state index contributed by atoms with van der Waals surface area (Å²) in [5, 5.41) is 5.70. The van der Waals surface area contributed by atoms with Crippen molar-refractivity contribution in [2.45, 2.75) is 25.9 Å². The molecule has 0 bridgehead atoms. The molecule has 0 spiro atoms. The zero-order valence-corrected chi connectivity index (χ0v) is 26.1. The van der Waals surface area contributed by atoms with Crippen LogP contribution in [0.4, 0.5) is 4.39 Å². The molecule has 2 aliphatic heterocycles. The van der Waals surface area contributed by atoms with Crippen molar-refractivity contribution in [1.82, 2.24) is 14.7 Å². The minimum absolute atomic E-state index is 0.111. The van der Waals surface area contributed by atoms with E-state index in [2.05, 4.69) is 40.2 Å². The van der Waals surface area contributed by atoms with Gasteiger partial charge in [-0.15, -0.1) is 0 Å². The van der Waals surface area contributed by atoms with E-state index in [1.165, 1.54) is 23.4 Å². The molecule has 46 heavy (non-hydrogen) atoms. The lowest BCUT2D eigenvalue weighted by molar-refractivity contribution is -0.113. The van der Waals surface area contributed by atoms with E-state index in [-0.39, 0.29) is 18.3 Å². The van der Waals surface area contributed by atoms with Crippen molar-refractivity contribution >= 4 is 28.9 Å². The Morgan fingerprint density at radius 2 is 1.63 bits per heavy atom. The predicted octanol–water partition coefficient (Wildman–Crippen LogP) is 8.18. The maximum atomic E-state index is 14.2. The Bertz CT molecular complexity index is 1900. The molecule has 5 aromatic rings. The van der Waals surface area contributed by atoms with Crippen LogP contribution in [-0.2, 0) is 17.8 Å². The molecule has 0 atom stereocenters. The van der Waals surface area contributed by atoms with E-state index in [0.29, 0.717) is 27.8 Å². The molecular weight excluding hydrogens is 596 g/mol. The number of hydrogen-bond acceptors (Lipinski definition) is 5. The number of rotatable bonds is 8. The number of amides is 1. The van der Waals surface area contributed by atoms with Gasteiger partial charge in [-0.3, -0.25) is 4.79 Å². The van der Waals surface area contributed by atoms with Crippen molar-refractivity contribution in [3.05, 3.63) is 143 Å². The Morgan fingerprint density at radius 1 is 0.891 bits per heavy atom. The van der Waals surface area contributed by atoms with Gasteiger partial charge in [0.1, 0.15) is 23.9 Å². The SMILES string of the molecule is O=C1N=C(N2CCC(Cc3ccccc3)CC2)SC1=Cc1cn(-c2ccccc2)nc1-c1cccc(OCc2ccccc2F)c1. The van der Waals surface area contributed by atoms with Crippen LogP contribution in [-0.4, -0.2) is 38.8 Å². The first kappa shape index (κ1) is 29.7. The Labute approximate surface area is 272 Å². The van der Waals surface area contributed by atoms with Crippen LogP contribution in [0.5, 0.6) is 5.75 Å². The summed E-state index contributed by atoms with van der Waals surface area (Å²) in [4.78, 5) is 20.5. The van der Waals surface area contributed by atoms with Crippen LogP contribution in [0.2, 0.25) is 0 Å². The molecule has 1 saturated heterocycles. The van der Waals surface area contributed by atoms with Crippen molar-refractivity contribution in [3.63, 3.8) is 0 Å². The molecule has 0 saturated carbocycles. The molecule has 1 fully saturated rings. The van der Waals surface area contributed by atoms with Gasteiger partial charge in [0.15, 0.2) is 5.17 Å². The second-order valence-electron chi connectivity index (χ2n) is 11.6. The van der Waals surface area contributed by atoms with Crippen LogP contribution < -0.4 is 4.74 Å². The summed E-state index contributed by atoms with van der Waals surface area (Å²) in [5.74, 6) is 0.702. The number of aliphatic imine (C=N–C) groups is 1. The van der Waals surface area contributed by atoms with Crippen molar-refractivity contribution in [3.8, 4) is 22.7 Å². The number of benzene rings is 4. The monoisotopic (exact) mass is 628 g/mol. The zero-order valence-electron chi connectivity index (χ0n) is 25.3. The number of para-hydroxylation sites is 1. The van der Waals surface area contributed by atoms with E-state index in [1.807, 2.05) is 71.6 Å². The molecule has 2 aliphatic rings. The Morgan fingerprint density at radius 3 is 2.41 bits per heavy atom. The van der Waals surface area contributed by atoms with Crippen molar-refractivity contribution < 1.29 is 13.9 Å². The van der Waals surface area contributed by atoms with Gasteiger partial charge in [-0.25, -0.2) is 9.07 Å². The summed E-state index contributed by atoms with van der Waals surface area (Å²) in [6.07, 6.45) is 7.06. The van der Waals surface area contributed by atoms with Crippen molar-refractivity contribution in [2.24, 2.45) is 10.9 Å². The van der Waals surface area contributed by atoms with E-state index >= 15 is 0 Å². The fourth-order valence-electron chi connectivity index (χ4n) is 5.89. The van der Waals surface area contributed by atoms with Gasteiger partial charge >= 0.3 is 0 Å². The topological polar surface area (TPSA) is 59.7 Å². The Kier molecular flexibility index (Phi) is 8.78. The van der Waals surface area contributed by atoms with Crippen LogP contribution in [0, 0.1) is 11.7 Å². The first-order valence-electron chi connectivity index (χ1n) is 15.5. The largest absolute Gasteiger partial charge is 0.489 e. The minimum atomic E-state index is -0.300. The number of thioether (sulfide) groups is 1. The number of aromatic nitrogens is 2. The number of amidine groups is 1. The molecule has 6 nitrogen and oxygen atoms in total. The summed E-state index contributed by atoms with van der Waals surface area (Å²) >= 11 is 1.43. The maximum Gasteiger partial charge on any atom is 0.286 e. The lowest BCUT2D eigenvalue weighted by Gasteiger charge is -2.32. The normalized spacial score (nSPS) is 16.2. The van der Waals surface area contributed by atoms with Gasteiger partial charge < -0.3 is 9.64 Å². The number of carbonyl (C=O) groups excluding carboxylic acids is 1. The van der Waals surface area contributed by atoms with Crippen LogP contribution in [0.15, 0.2) is 125 Å². The number of nitrogens with zero attached hydrogens (tertiary/aromatic N) is 4. The highest BCUT2D eigenvalue weighted by atomic mass is 32.2. The Hall–Kier alpha value is -4.95. The third kappa shape index (κ3) is 6.82. The number of carbonyl (C=O) groups is 1. The van der Waals surface area contributed by atoms with Gasteiger partial charge in [-0.2, -0.15) is 10.1 Å². The van der Waals surface area contributed by atoms with E-state index in [0.717, 1.165) is 54.3 Å². The fourth-order valence-corrected chi connectivity index (χ4v) is 6.85. The van der Waals surface area contributed by atoms with Gasteiger partial charge in [-0.05, 0) is 78.9 Å². The summed E-state index contributed by atoms with van der Waals surface area (Å²) in [5.41, 5.74) is 5.09. The van der Waals surface area contributed by atoms with Gasteiger partial charge in [0, 0.05) is 36.0 Å². The molecule has 0 radical (unpaired) electrons. The molecule has 1 aromatic heterocycles. The first-order valence-corrected chi connectivity index (χ1v) is 16.3. The highest BCUT2D eigenvalue weighted by Gasteiger charge is 2.29. The molecule has 0 unspecified atom stereocenters. The molecule has 0 aliphatic carbocycles. The van der Waals surface area contributed by atoms with Gasteiger partial charge in [0.25, 0.3) is 5.91 Å². The molecule has 7 rings (SSSR count). The summed E-state index contributed by atoms with van der Waals surface area (Å²) in [6, 6.07) is 34.7. The number of halogens is 1. The molecule has 8 heteroatoms. The number of piperidine rings is 1. The lowest BCUT2D eigenvalue weighted by Crippen LogP contribution is -2.37. The van der Waals surface area contributed by atoms with Crippen molar-refractivity contribution in [1.29, 1.82) is 0 Å². The Balaban J connectivity index is 1.10. The zero-order chi connectivity index (χ0) is 31.3. The molecule has 1 amide bonds. The second kappa shape index (κ2) is 13.6. The smallest absolute Gasteiger partial charge is 0.286 e. The van der Waals surface area contributed by atoms with Gasteiger partial charge in [0.2, 0.25) is 0 Å². The molecular formula is C38H33FN4O2S. The molecule has 0 N–H and O–H groups in total. The predicted molar refractivity (Wildman–Crippen MR) is 182 cm³/mol. The average molecular weight is 629 g/mol. The number of likely N-dealkylation sites (tertiary alicyclic amines) is 1. The molecule has 230 valence electrons. The quantitative estimate of drug-likeness (QED) is 0.162. The summed E-state index contributed by atoms with van der Waals surface area (Å²) in [6.45, 7) is 1.89. The van der Waals surface area contributed by atoms with Gasteiger partial charge in [0.05, 0.1) is 10.6 Å². The van der Waals surface area contributed by atoms with Crippen LogP contribution in [0.3, 0.4) is 0 Å². The summed E-state index contributed by atoms with van der Waals surface area (Å²) < 4.78 is 22.0. The first-order chi connectivity index (χ1) is 22.6. The standard InChI is InChI=1S/C38H33FN4O2S/c39-34-17-8-7-12-30(34)26-45-33-16-9-13-29(23-33)36-31(25-43(41-36)32-14-5-2-6-15-32)24-35-37(44)40-38(46-35)42-20-18-28(19-21-42)22-27-10-3-1-4-11-27/h1-17,23-25,28H,18-22,26H2.